The molecule has 1 aliphatic rings. The van der Waals surface area contributed by atoms with E-state index in [0.29, 0.717) is 31.3 Å². The first-order chi connectivity index (χ1) is 11.3. The summed E-state index contributed by atoms with van der Waals surface area (Å²) < 4.78 is 18.2. The van der Waals surface area contributed by atoms with Gasteiger partial charge in [-0.15, -0.1) is 0 Å². The van der Waals surface area contributed by atoms with Gasteiger partial charge in [0, 0.05) is 13.0 Å². The van der Waals surface area contributed by atoms with E-state index in [1.807, 2.05) is 30.3 Å². The fourth-order valence-electron chi connectivity index (χ4n) is 2.52. The van der Waals surface area contributed by atoms with Gasteiger partial charge in [0.05, 0.1) is 32.0 Å². The van der Waals surface area contributed by atoms with Crippen molar-refractivity contribution in [3.05, 3.63) is 47.2 Å². The largest absolute Gasteiger partial charge is 0.477 e. The van der Waals surface area contributed by atoms with Crippen LogP contribution in [0, 0.1) is 0 Å². The number of benzene rings is 1. The molecule has 1 aromatic carbocycles. The lowest BCUT2D eigenvalue weighted by molar-refractivity contribution is 0.0509. The topological polar surface area (TPSA) is 62.6 Å². The van der Waals surface area contributed by atoms with Crippen molar-refractivity contribution in [2.75, 3.05) is 13.2 Å². The van der Waals surface area contributed by atoms with E-state index in [1.165, 1.54) is 0 Å². The predicted octanol–water partition coefficient (Wildman–Crippen LogP) is 2.56. The molecule has 0 amide bonds. The molecule has 0 spiro atoms. The van der Waals surface area contributed by atoms with Crippen LogP contribution < -0.4 is 4.74 Å². The Balaban J connectivity index is 1.76. The number of aryl methyl sites for hydroxylation is 1. The Morgan fingerprint density at radius 1 is 1.30 bits per heavy atom. The lowest BCUT2D eigenvalue weighted by Gasteiger charge is -2.16. The fraction of sp³-hybridized carbons (Fsp3) is 0.412. The van der Waals surface area contributed by atoms with Crippen LogP contribution in [0.4, 0.5) is 0 Å². The lowest BCUT2D eigenvalue weighted by atomic mass is 10.2. The van der Waals surface area contributed by atoms with Gasteiger partial charge < -0.3 is 14.2 Å². The second kappa shape index (κ2) is 7.28. The van der Waals surface area contributed by atoms with Gasteiger partial charge in [-0.1, -0.05) is 30.3 Å². The van der Waals surface area contributed by atoms with Crippen LogP contribution in [0.5, 0.6) is 5.88 Å². The monoisotopic (exact) mass is 316 g/mol. The predicted molar refractivity (Wildman–Crippen MR) is 83.2 cm³/mol. The molecular weight excluding hydrogens is 296 g/mol. The lowest BCUT2D eigenvalue weighted by Crippen LogP contribution is -2.15. The zero-order valence-corrected chi connectivity index (χ0v) is 13.2. The van der Waals surface area contributed by atoms with Crippen molar-refractivity contribution in [1.82, 2.24) is 9.78 Å². The molecule has 0 atom stereocenters. The third-order valence-electron chi connectivity index (χ3n) is 3.58. The van der Waals surface area contributed by atoms with E-state index >= 15 is 0 Å². The summed E-state index contributed by atoms with van der Waals surface area (Å²) in [4.78, 5) is 12.1. The van der Waals surface area contributed by atoms with Crippen molar-refractivity contribution in [2.45, 2.75) is 33.1 Å². The zero-order chi connectivity index (χ0) is 16.1. The van der Waals surface area contributed by atoms with Crippen molar-refractivity contribution in [1.29, 1.82) is 0 Å². The van der Waals surface area contributed by atoms with Crippen LogP contribution in [-0.2, 0) is 29.2 Å². The summed E-state index contributed by atoms with van der Waals surface area (Å²) >= 11 is 0. The highest BCUT2D eigenvalue weighted by Gasteiger charge is 2.27. The van der Waals surface area contributed by atoms with E-state index in [9.17, 15) is 4.79 Å². The summed E-state index contributed by atoms with van der Waals surface area (Å²) in [6, 6.07) is 9.89. The van der Waals surface area contributed by atoms with Crippen molar-refractivity contribution in [3.63, 3.8) is 0 Å². The first-order valence-electron chi connectivity index (χ1n) is 7.81. The Kier molecular flexibility index (Phi) is 4.92. The van der Waals surface area contributed by atoms with Crippen LogP contribution in [-0.4, -0.2) is 29.0 Å². The molecule has 122 valence electrons. The molecule has 1 aliphatic heterocycles. The smallest absolute Gasteiger partial charge is 0.359 e. The molecule has 0 bridgehead atoms. The molecule has 1 aromatic heterocycles. The molecule has 0 unspecified atom stereocenters. The second-order valence-corrected chi connectivity index (χ2v) is 5.26. The fourth-order valence-corrected chi connectivity index (χ4v) is 2.52. The van der Waals surface area contributed by atoms with Crippen molar-refractivity contribution in [3.8, 4) is 5.88 Å². The maximum absolute atomic E-state index is 12.1. The van der Waals surface area contributed by atoms with Gasteiger partial charge in [0.25, 0.3) is 0 Å². The summed E-state index contributed by atoms with van der Waals surface area (Å²) in [6.07, 6.45) is 0.876. The molecule has 0 aliphatic carbocycles. The van der Waals surface area contributed by atoms with E-state index in [2.05, 4.69) is 5.10 Å². The molecule has 0 radical (unpaired) electrons. The number of ether oxygens (including phenoxy) is 3. The van der Waals surface area contributed by atoms with Gasteiger partial charge in [0.2, 0.25) is 5.88 Å². The number of hydrogen-bond donors (Lipinski definition) is 0. The van der Waals surface area contributed by atoms with Gasteiger partial charge >= 0.3 is 5.97 Å². The molecule has 2 heterocycles. The highest BCUT2D eigenvalue weighted by molar-refractivity contribution is 5.89. The zero-order valence-electron chi connectivity index (χ0n) is 13.2. The number of carbonyl (C=O) groups is 1. The first-order valence-corrected chi connectivity index (χ1v) is 7.81. The molecule has 3 rings (SSSR count). The molecule has 23 heavy (non-hydrogen) atoms. The normalized spacial score (nSPS) is 13.3. The van der Waals surface area contributed by atoms with E-state index in [-0.39, 0.29) is 12.3 Å². The van der Waals surface area contributed by atoms with Gasteiger partial charge in [-0.05, 0) is 12.5 Å². The number of hydrogen-bond acceptors (Lipinski definition) is 5. The maximum atomic E-state index is 12.1. The van der Waals surface area contributed by atoms with Crippen LogP contribution >= 0.6 is 0 Å². The van der Waals surface area contributed by atoms with Crippen LogP contribution in [0.15, 0.2) is 30.3 Å². The molecule has 6 nitrogen and oxygen atoms in total. The van der Waals surface area contributed by atoms with Crippen LogP contribution in [0.25, 0.3) is 0 Å². The third kappa shape index (κ3) is 3.53. The number of carbonyl (C=O) groups excluding carboxylic acids is 1. The standard InChI is InChI=1S/C17H20N2O4/c1-2-22-17(20)15-14(16-19(18-15)9-6-10-23-16)12-21-11-13-7-4-3-5-8-13/h3-5,7-8H,2,6,9-12H2,1H3. The molecule has 0 N–H and O–H groups in total. The highest BCUT2D eigenvalue weighted by atomic mass is 16.5. The van der Waals surface area contributed by atoms with Gasteiger partial charge in [-0.3, -0.25) is 0 Å². The summed E-state index contributed by atoms with van der Waals surface area (Å²) in [5.74, 6) is 0.184. The van der Waals surface area contributed by atoms with E-state index in [1.54, 1.807) is 11.6 Å². The van der Waals surface area contributed by atoms with E-state index in [4.69, 9.17) is 14.2 Å². The van der Waals surface area contributed by atoms with Crippen molar-refractivity contribution in [2.24, 2.45) is 0 Å². The Hall–Kier alpha value is -2.34. The van der Waals surface area contributed by atoms with Crippen molar-refractivity contribution >= 4 is 5.97 Å². The minimum absolute atomic E-state index is 0.262. The third-order valence-corrected chi connectivity index (χ3v) is 3.58. The van der Waals surface area contributed by atoms with Crippen LogP contribution in [0.1, 0.15) is 35.0 Å². The van der Waals surface area contributed by atoms with Crippen LogP contribution in [0.2, 0.25) is 0 Å². The number of rotatable bonds is 6. The quantitative estimate of drug-likeness (QED) is 0.766. The number of aromatic nitrogens is 2. The minimum Gasteiger partial charge on any atom is -0.477 e. The molecule has 2 aromatic rings. The van der Waals surface area contributed by atoms with Crippen LogP contribution in [0.3, 0.4) is 0 Å². The maximum Gasteiger partial charge on any atom is 0.359 e. The highest BCUT2D eigenvalue weighted by Crippen LogP contribution is 2.27. The number of fused-ring (bicyclic) bond motifs is 1. The van der Waals surface area contributed by atoms with E-state index in [0.717, 1.165) is 18.5 Å². The van der Waals surface area contributed by atoms with E-state index < -0.39 is 5.97 Å². The first kappa shape index (κ1) is 15.6. The number of nitrogens with zero attached hydrogens (tertiary/aromatic N) is 2. The Morgan fingerprint density at radius 3 is 2.91 bits per heavy atom. The SMILES string of the molecule is CCOC(=O)c1nn2c(c1COCc1ccccc1)OCCC2. The van der Waals surface area contributed by atoms with Crippen molar-refractivity contribution < 1.29 is 19.0 Å². The molecule has 0 fully saturated rings. The summed E-state index contributed by atoms with van der Waals surface area (Å²) in [7, 11) is 0. The van der Waals surface area contributed by atoms with Gasteiger partial charge in [0.1, 0.15) is 0 Å². The van der Waals surface area contributed by atoms with Gasteiger partial charge in [-0.25, -0.2) is 9.48 Å². The molecule has 0 saturated heterocycles. The minimum atomic E-state index is -0.434. The molecule has 6 heteroatoms. The summed E-state index contributed by atoms with van der Waals surface area (Å²) in [5.41, 5.74) is 2.03. The number of esters is 1. The Morgan fingerprint density at radius 2 is 2.13 bits per heavy atom. The van der Waals surface area contributed by atoms with Gasteiger partial charge in [-0.2, -0.15) is 5.10 Å². The van der Waals surface area contributed by atoms with Gasteiger partial charge in [0.15, 0.2) is 5.69 Å². The average Bonchev–Trinajstić information content (AvgIpc) is 2.95. The second-order valence-electron chi connectivity index (χ2n) is 5.26. The summed E-state index contributed by atoms with van der Waals surface area (Å²) in [6.45, 7) is 4.17. The Labute approximate surface area is 135 Å². The summed E-state index contributed by atoms with van der Waals surface area (Å²) in [5, 5.41) is 4.33. The molecule has 0 saturated carbocycles. The average molecular weight is 316 g/mol. The molecular formula is C17H20N2O4. The Bertz CT molecular complexity index is 667.